The van der Waals surface area contributed by atoms with Crippen LogP contribution in [0, 0.1) is 5.82 Å². The predicted octanol–water partition coefficient (Wildman–Crippen LogP) is 2.08. The van der Waals surface area contributed by atoms with Gasteiger partial charge in [-0.05, 0) is 12.5 Å². The van der Waals surface area contributed by atoms with Crippen molar-refractivity contribution in [3.05, 3.63) is 29.6 Å². The molecule has 2 N–H and O–H groups in total. The molecule has 0 saturated heterocycles. The Morgan fingerprint density at radius 1 is 1.47 bits per heavy atom. The van der Waals surface area contributed by atoms with E-state index in [1.807, 2.05) is 6.92 Å². The molecule has 0 radical (unpaired) electrons. The van der Waals surface area contributed by atoms with Crippen molar-refractivity contribution in [3.63, 3.8) is 0 Å². The van der Waals surface area contributed by atoms with Crippen LogP contribution in [0.15, 0.2) is 18.2 Å². The molecular formula is C13H20FNO2. The van der Waals surface area contributed by atoms with Gasteiger partial charge in [-0.15, -0.1) is 0 Å². The van der Waals surface area contributed by atoms with Crippen LogP contribution in [0.5, 0.6) is 5.75 Å². The summed E-state index contributed by atoms with van der Waals surface area (Å²) in [5.74, 6) is -0.0918. The maximum Gasteiger partial charge on any atom is 0.169 e. The molecule has 4 heteroatoms. The van der Waals surface area contributed by atoms with Crippen molar-refractivity contribution >= 4 is 0 Å². The van der Waals surface area contributed by atoms with E-state index in [4.69, 9.17) is 4.74 Å². The largest absolute Gasteiger partial charge is 0.494 e. The first-order valence-electron chi connectivity index (χ1n) is 5.89. The molecule has 0 saturated carbocycles. The SMILES string of the molecule is CCCC(O)CNCc1cccc(OC)c1F. The van der Waals surface area contributed by atoms with E-state index < -0.39 is 0 Å². The lowest BCUT2D eigenvalue weighted by atomic mass is 10.2. The van der Waals surface area contributed by atoms with E-state index >= 15 is 0 Å². The molecule has 0 aromatic heterocycles. The highest BCUT2D eigenvalue weighted by atomic mass is 19.1. The first kappa shape index (κ1) is 13.9. The van der Waals surface area contributed by atoms with Gasteiger partial charge in [0.2, 0.25) is 0 Å². The van der Waals surface area contributed by atoms with Crippen LogP contribution < -0.4 is 10.1 Å². The van der Waals surface area contributed by atoms with Crippen molar-refractivity contribution in [3.8, 4) is 5.75 Å². The first-order valence-corrected chi connectivity index (χ1v) is 5.89. The van der Waals surface area contributed by atoms with Gasteiger partial charge in [0, 0.05) is 18.7 Å². The fraction of sp³-hybridized carbons (Fsp3) is 0.538. The molecule has 3 nitrogen and oxygen atoms in total. The molecule has 0 heterocycles. The minimum absolute atomic E-state index is 0.249. The summed E-state index contributed by atoms with van der Waals surface area (Å²) in [5, 5.41) is 12.5. The molecule has 0 spiro atoms. The molecule has 0 aliphatic carbocycles. The van der Waals surface area contributed by atoms with Crippen LogP contribution >= 0.6 is 0 Å². The second kappa shape index (κ2) is 7.25. The van der Waals surface area contributed by atoms with Crippen molar-refractivity contribution in [2.75, 3.05) is 13.7 Å². The van der Waals surface area contributed by atoms with Crippen molar-refractivity contribution in [2.24, 2.45) is 0 Å². The smallest absolute Gasteiger partial charge is 0.169 e. The molecule has 0 bridgehead atoms. The van der Waals surface area contributed by atoms with Gasteiger partial charge >= 0.3 is 0 Å². The van der Waals surface area contributed by atoms with Gasteiger partial charge in [-0.3, -0.25) is 0 Å². The van der Waals surface area contributed by atoms with E-state index in [0.29, 0.717) is 18.7 Å². The standard InChI is InChI=1S/C13H20FNO2/c1-3-5-11(16)9-15-8-10-6-4-7-12(17-2)13(10)14/h4,6-7,11,15-16H,3,5,8-9H2,1-2H3. The number of hydrogen-bond acceptors (Lipinski definition) is 3. The van der Waals surface area contributed by atoms with Crippen LogP contribution in [0.3, 0.4) is 0 Å². The van der Waals surface area contributed by atoms with Gasteiger partial charge in [0.1, 0.15) is 0 Å². The molecular weight excluding hydrogens is 221 g/mol. The number of aliphatic hydroxyl groups is 1. The first-order chi connectivity index (χ1) is 8.19. The van der Waals surface area contributed by atoms with Crippen LogP contribution in [0.4, 0.5) is 4.39 Å². The summed E-state index contributed by atoms with van der Waals surface area (Å²) in [6.07, 6.45) is 1.33. The molecule has 1 rings (SSSR count). The van der Waals surface area contributed by atoms with E-state index in [0.717, 1.165) is 12.8 Å². The van der Waals surface area contributed by atoms with Gasteiger partial charge in [0.05, 0.1) is 13.2 Å². The Balaban J connectivity index is 2.46. The number of aliphatic hydroxyl groups excluding tert-OH is 1. The van der Waals surface area contributed by atoms with Gasteiger partial charge in [-0.2, -0.15) is 0 Å². The predicted molar refractivity (Wildman–Crippen MR) is 65.6 cm³/mol. The summed E-state index contributed by atoms with van der Waals surface area (Å²) in [6, 6.07) is 5.04. The molecule has 96 valence electrons. The average molecular weight is 241 g/mol. The molecule has 0 amide bonds. The minimum Gasteiger partial charge on any atom is -0.494 e. The molecule has 0 aliphatic rings. The summed E-state index contributed by atoms with van der Waals surface area (Å²) in [5.41, 5.74) is 0.549. The van der Waals surface area contributed by atoms with Crippen molar-refractivity contribution in [1.29, 1.82) is 0 Å². The summed E-state index contributed by atoms with van der Waals surface area (Å²) >= 11 is 0. The lowest BCUT2D eigenvalue weighted by Gasteiger charge is -2.12. The van der Waals surface area contributed by atoms with Gasteiger partial charge in [-0.25, -0.2) is 4.39 Å². The highest BCUT2D eigenvalue weighted by Gasteiger charge is 2.08. The lowest BCUT2D eigenvalue weighted by Crippen LogP contribution is -2.26. The quantitative estimate of drug-likeness (QED) is 0.768. The maximum atomic E-state index is 13.7. The molecule has 1 aromatic rings. The Morgan fingerprint density at radius 2 is 2.24 bits per heavy atom. The van der Waals surface area contributed by atoms with Crippen LogP contribution in [0.1, 0.15) is 25.3 Å². The van der Waals surface area contributed by atoms with E-state index in [1.54, 1.807) is 18.2 Å². The Bertz CT molecular complexity index is 344. The number of benzene rings is 1. The number of nitrogens with one attached hydrogen (secondary N) is 1. The van der Waals surface area contributed by atoms with E-state index in [-0.39, 0.29) is 17.7 Å². The third-order valence-corrected chi connectivity index (χ3v) is 2.58. The molecule has 17 heavy (non-hydrogen) atoms. The minimum atomic E-state index is -0.367. The monoisotopic (exact) mass is 241 g/mol. The fourth-order valence-electron chi connectivity index (χ4n) is 1.66. The highest BCUT2D eigenvalue weighted by molar-refractivity contribution is 5.30. The molecule has 1 atom stereocenters. The molecule has 0 aliphatic heterocycles. The topological polar surface area (TPSA) is 41.5 Å². The van der Waals surface area contributed by atoms with Crippen LogP contribution in [-0.4, -0.2) is 24.9 Å². The Kier molecular flexibility index (Phi) is 5.94. The van der Waals surface area contributed by atoms with Crippen LogP contribution in [0.25, 0.3) is 0 Å². The zero-order chi connectivity index (χ0) is 12.7. The van der Waals surface area contributed by atoms with Gasteiger partial charge in [0.15, 0.2) is 11.6 Å². The van der Waals surface area contributed by atoms with Crippen LogP contribution in [-0.2, 0) is 6.54 Å². The second-order valence-electron chi connectivity index (χ2n) is 4.01. The number of hydrogen-bond donors (Lipinski definition) is 2. The Hall–Kier alpha value is -1.13. The highest BCUT2D eigenvalue weighted by Crippen LogP contribution is 2.19. The van der Waals surface area contributed by atoms with Gasteiger partial charge < -0.3 is 15.2 Å². The summed E-state index contributed by atoms with van der Waals surface area (Å²) in [4.78, 5) is 0. The van der Waals surface area contributed by atoms with E-state index in [1.165, 1.54) is 7.11 Å². The number of halogens is 1. The third-order valence-electron chi connectivity index (χ3n) is 2.58. The number of ether oxygens (including phenoxy) is 1. The molecule has 0 fully saturated rings. The molecule has 1 aromatic carbocycles. The number of methoxy groups -OCH3 is 1. The van der Waals surface area contributed by atoms with Crippen molar-refractivity contribution < 1.29 is 14.2 Å². The normalized spacial score (nSPS) is 12.5. The van der Waals surface area contributed by atoms with Crippen molar-refractivity contribution in [2.45, 2.75) is 32.4 Å². The van der Waals surface area contributed by atoms with Crippen LogP contribution in [0.2, 0.25) is 0 Å². The Labute approximate surface area is 102 Å². The Morgan fingerprint density at radius 3 is 2.88 bits per heavy atom. The van der Waals surface area contributed by atoms with Crippen molar-refractivity contribution in [1.82, 2.24) is 5.32 Å². The second-order valence-corrected chi connectivity index (χ2v) is 4.01. The fourth-order valence-corrected chi connectivity index (χ4v) is 1.66. The summed E-state index contributed by atoms with van der Waals surface area (Å²) < 4.78 is 18.6. The number of rotatable bonds is 7. The lowest BCUT2D eigenvalue weighted by molar-refractivity contribution is 0.160. The van der Waals surface area contributed by atoms with E-state index in [2.05, 4.69) is 5.32 Å². The third kappa shape index (κ3) is 4.32. The maximum absolute atomic E-state index is 13.7. The average Bonchev–Trinajstić information content (AvgIpc) is 2.32. The molecule has 1 unspecified atom stereocenters. The summed E-state index contributed by atoms with van der Waals surface area (Å²) in [7, 11) is 1.45. The zero-order valence-electron chi connectivity index (χ0n) is 10.4. The summed E-state index contributed by atoms with van der Waals surface area (Å²) in [6.45, 7) is 2.89. The van der Waals surface area contributed by atoms with Gasteiger partial charge in [0.25, 0.3) is 0 Å². The van der Waals surface area contributed by atoms with Gasteiger partial charge in [-0.1, -0.05) is 25.5 Å². The van der Waals surface area contributed by atoms with E-state index in [9.17, 15) is 9.50 Å². The zero-order valence-corrected chi connectivity index (χ0v) is 10.4.